The van der Waals surface area contributed by atoms with Gasteiger partial charge in [0.05, 0.1) is 11.7 Å². The number of carbonyl (C=O) groups is 3. The molecule has 0 aromatic heterocycles. The van der Waals surface area contributed by atoms with Gasteiger partial charge in [0.15, 0.2) is 11.4 Å². The van der Waals surface area contributed by atoms with Gasteiger partial charge < -0.3 is 31.3 Å². The van der Waals surface area contributed by atoms with Crippen molar-refractivity contribution in [2.45, 2.75) is 35.5 Å². The van der Waals surface area contributed by atoms with Gasteiger partial charge in [-0.05, 0) is 11.6 Å². The van der Waals surface area contributed by atoms with Gasteiger partial charge in [-0.2, -0.15) is 22.0 Å². The van der Waals surface area contributed by atoms with E-state index >= 15 is 0 Å². The number of primary amides is 1. The molecule has 0 unspecified atom stereocenters. The Bertz CT molecular complexity index is 1290. The number of nitrogens with two attached hydrogens (primary N) is 1. The van der Waals surface area contributed by atoms with E-state index in [0.717, 1.165) is 6.07 Å². The monoisotopic (exact) mass is 551 g/mol. The van der Waals surface area contributed by atoms with E-state index in [4.69, 9.17) is 5.73 Å². The highest BCUT2D eigenvalue weighted by Crippen LogP contribution is 2.57. The molecule has 0 saturated heterocycles. The van der Waals surface area contributed by atoms with E-state index in [1.54, 1.807) is 0 Å². The first kappa shape index (κ1) is 26.9. The maximum absolute atomic E-state index is 13.8. The van der Waals surface area contributed by atoms with Crippen LogP contribution >= 0.6 is 11.8 Å². The maximum atomic E-state index is 13.8. The SMILES string of the molecule is NC(=O)C1=C(O)[C@@]2(O)C(=O)C3=C(O)c4c(O)cccc4[C@H](CSC(F)(F)C(F)(F)F)[C@H]3[C@H](O)[C@H]2CC1=O. The third-order valence-electron chi connectivity index (χ3n) is 6.94. The number of phenols is 1. The lowest BCUT2D eigenvalue weighted by Gasteiger charge is -2.51. The quantitative estimate of drug-likeness (QED) is 0.241. The first-order chi connectivity index (χ1) is 17.0. The maximum Gasteiger partial charge on any atom is 0.464 e. The second kappa shape index (κ2) is 8.43. The smallest absolute Gasteiger partial charge is 0.464 e. The number of Topliss-reactive ketones (excluding diaryl/α,β-unsaturated/α-hetero) is 2. The van der Waals surface area contributed by atoms with Crippen LogP contribution in [0.2, 0.25) is 0 Å². The van der Waals surface area contributed by atoms with Gasteiger partial charge in [-0.1, -0.05) is 23.9 Å². The molecule has 7 N–H and O–H groups in total. The minimum atomic E-state index is -5.95. The number of hydrogen-bond acceptors (Lipinski definition) is 9. The van der Waals surface area contributed by atoms with Gasteiger partial charge in [-0.25, -0.2) is 0 Å². The number of hydrogen-bond donors (Lipinski definition) is 6. The number of halogens is 5. The Balaban J connectivity index is 1.93. The van der Waals surface area contributed by atoms with Gasteiger partial charge in [-0.3, -0.25) is 14.4 Å². The van der Waals surface area contributed by atoms with E-state index in [9.17, 15) is 61.9 Å². The fourth-order valence-corrected chi connectivity index (χ4v) is 6.19. The van der Waals surface area contributed by atoms with Crippen LogP contribution in [0.25, 0.3) is 5.76 Å². The van der Waals surface area contributed by atoms with Crippen LogP contribution in [0.4, 0.5) is 22.0 Å². The average Bonchev–Trinajstić information content (AvgIpc) is 2.77. The summed E-state index contributed by atoms with van der Waals surface area (Å²) in [6, 6.07) is 3.39. The average molecular weight is 551 g/mol. The Kier molecular flexibility index (Phi) is 6.12. The van der Waals surface area contributed by atoms with Crippen LogP contribution in [0.1, 0.15) is 23.5 Å². The zero-order chi connectivity index (χ0) is 27.8. The number of rotatable bonds is 4. The number of aliphatic hydroxyl groups excluding tert-OH is 3. The molecule has 1 amide bonds. The van der Waals surface area contributed by atoms with E-state index in [1.807, 2.05) is 0 Å². The van der Waals surface area contributed by atoms with Crippen LogP contribution in [0.5, 0.6) is 5.75 Å². The fraction of sp³-hybridized carbons (Fsp3) is 0.409. The standard InChI is InChI=1S/C22H18F5NO8S/c23-21(24,25)22(26,27)37-5-7-6-2-1-3-9(29)11(6)16(32)14-12(7)15(31)8-4-10(30)13(19(28)35)17(33)20(8,36)18(14)34/h1-3,7-8,12,15,29,31-33,36H,4-5H2,(H2,28,35)/t7-,8+,12+,15+,20+/m0/s1. The number of aromatic hydroxyl groups is 1. The van der Waals surface area contributed by atoms with Gasteiger partial charge in [0.1, 0.15) is 22.8 Å². The van der Waals surface area contributed by atoms with Crippen molar-refractivity contribution in [1.82, 2.24) is 0 Å². The second-order valence-electron chi connectivity index (χ2n) is 8.87. The van der Waals surface area contributed by atoms with E-state index < -0.39 is 116 Å². The molecular formula is C22H18F5NO8S. The Morgan fingerprint density at radius 1 is 1.14 bits per heavy atom. The molecule has 4 rings (SSSR count). The largest absolute Gasteiger partial charge is 0.508 e. The molecular weight excluding hydrogens is 533 g/mol. The molecule has 1 aromatic carbocycles. The molecule has 0 radical (unpaired) electrons. The molecule has 37 heavy (non-hydrogen) atoms. The number of phenolic OH excluding ortho intramolecular Hbond substituents is 1. The van der Waals surface area contributed by atoms with E-state index in [0.29, 0.717) is 0 Å². The number of alkyl halides is 5. The summed E-state index contributed by atoms with van der Waals surface area (Å²) >= 11 is -0.860. The topological polar surface area (TPSA) is 178 Å². The molecule has 200 valence electrons. The van der Waals surface area contributed by atoms with E-state index in [-0.39, 0.29) is 5.56 Å². The minimum absolute atomic E-state index is 0.186. The highest BCUT2D eigenvalue weighted by atomic mass is 32.2. The summed E-state index contributed by atoms with van der Waals surface area (Å²) in [5.41, 5.74) is -0.847. The van der Waals surface area contributed by atoms with Crippen molar-refractivity contribution in [2.24, 2.45) is 17.6 Å². The lowest BCUT2D eigenvalue weighted by atomic mass is 9.55. The molecule has 3 aliphatic carbocycles. The summed E-state index contributed by atoms with van der Waals surface area (Å²) < 4.78 is 66.1. The minimum Gasteiger partial charge on any atom is -0.508 e. The highest BCUT2D eigenvalue weighted by molar-refractivity contribution is 8.00. The number of amides is 1. The Labute approximate surface area is 208 Å². The van der Waals surface area contributed by atoms with Crippen molar-refractivity contribution in [2.75, 3.05) is 5.75 Å². The lowest BCUT2D eigenvalue weighted by Crippen LogP contribution is -2.64. The number of benzene rings is 1. The third kappa shape index (κ3) is 3.70. The van der Waals surface area contributed by atoms with E-state index in [2.05, 4.69) is 0 Å². The van der Waals surface area contributed by atoms with Crippen molar-refractivity contribution >= 4 is 35.0 Å². The van der Waals surface area contributed by atoms with Gasteiger partial charge in [0.25, 0.3) is 5.91 Å². The molecule has 3 aliphatic rings. The van der Waals surface area contributed by atoms with Crippen LogP contribution in [-0.4, -0.2) is 71.9 Å². The van der Waals surface area contributed by atoms with Crippen molar-refractivity contribution in [1.29, 1.82) is 0 Å². The summed E-state index contributed by atoms with van der Waals surface area (Å²) in [5, 5.41) is 48.9. The normalized spacial score (nSPS) is 30.1. The lowest BCUT2D eigenvalue weighted by molar-refractivity contribution is -0.237. The van der Waals surface area contributed by atoms with Gasteiger partial charge >= 0.3 is 11.4 Å². The molecule has 0 spiro atoms. The molecule has 0 aliphatic heterocycles. The summed E-state index contributed by atoms with van der Waals surface area (Å²) in [6.45, 7) is 0. The summed E-state index contributed by atoms with van der Waals surface area (Å²) in [5.74, 6) is -13.8. The predicted octanol–water partition coefficient (Wildman–Crippen LogP) is 1.82. The van der Waals surface area contributed by atoms with Crippen molar-refractivity contribution in [3.05, 3.63) is 46.2 Å². The van der Waals surface area contributed by atoms with Crippen molar-refractivity contribution in [3.8, 4) is 5.75 Å². The Hall–Kier alpha value is -3.17. The summed E-state index contributed by atoms with van der Waals surface area (Å²) in [7, 11) is 0. The number of ketones is 2. The van der Waals surface area contributed by atoms with Crippen molar-refractivity contribution in [3.63, 3.8) is 0 Å². The zero-order valence-corrected chi connectivity index (χ0v) is 19.1. The first-order valence-corrected chi connectivity index (χ1v) is 11.5. The van der Waals surface area contributed by atoms with Gasteiger partial charge in [0.2, 0.25) is 5.78 Å². The molecule has 0 bridgehead atoms. The van der Waals surface area contributed by atoms with Crippen LogP contribution in [0.15, 0.2) is 35.1 Å². The molecule has 1 saturated carbocycles. The number of fused-ring (bicyclic) bond motifs is 3. The molecule has 5 atom stereocenters. The molecule has 0 heterocycles. The molecule has 9 nitrogen and oxygen atoms in total. The molecule has 15 heteroatoms. The predicted molar refractivity (Wildman–Crippen MR) is 115 cm³/mol. The van der Waals surface area contributed by atoms with Gasteiger partial charge in [0, 0.05) is 35.5 Å². The van der Waals surface area contributed by atoms with Crippen LogP contribution in [-0.2, 0) is 14.4 Å². The van der Waals surface area contributed by atoms with Crippen LogP contribution in [0, 0.1) is 11.8 Å². The van der Waals surface area contributed by atoms with Crippen molar-refractivity contribution < 1.29 is 61.9 Å². The van der Waals surface area contributed by atoms with E-state index in [1.165, 1.54) is 12.1 Å². The summed E-state index contributed by atoms with van der Waals surface area (Å²) in [6.07, 6.45) is -8.96. The Morgan fingerprint density at radius 2 is 1.76 bits per heavy atom. The highest BCUT2D eigenvalue weighted by Gasteiger charge is 2.66. The van der Waals surface area contributed by atoms with Gasteiger partial charge in [-0.15, -0.1) is 0 Å². The van der Waals surface area contributed by atoms with Crippen LogP contribution in [0.3, 0.4) is 0 Å². The molecule has 1 fully saturated rings. The third-order valence-corrected chi connectivity index (χ3v) is 8.06. The van der Waals surface area contributed by atoms with Crippen LogP contribution < -0.4 is 5.73 Å². The fourth-order valence-electron chi connectivity index (χ4n) is 5.25. The molecule has 1 aromatic rings. The number of thioether (sulfide) groups is 1. The Morgan fingerprint density at radius 3 is 2.32 bits per heavy atom. The summed E-state index contributed by atoms with van der Waals surface area (Å²) in [4.78, 5) is 37.7. The zero-order valence-electron chi connectivity index (χ0n) is 18.3. The second-order valence-corrected chi connectivity index (χ2v) is 10.0. The number of aliphatic hydroxyl groups is 4. The first-order valence-electron chi connectivity index (χ1n) is 10.5. The number of carbonyl (C=O) groups excluding carboxylic acids is 3.